The van der Waals surface area contributed by atoms with Crippen LogP contribution in [0, 0.1) is 0 Å². The molecule has 0 saturated carbocycles. The smallest absolute Gasteiger partial charge is 0.255 e. The van der Waals surface area contributed by atoms with Crippen LogP contribution >= 0.6 is 23.5 Å². The Morgan fingerprint density at radius 2 is 0.513 bits per heavy atom. The monoisotopic (exact) mass is 1540 g/mol. The average Bonchev–Trinajstić information content (AvgIpc) is 0.623. The van der Waals surface area contributed by atoms with Gasteiger partial charge in [0.2, 0.25) is 13.4 Å². The molecule has 8 heterocycles. The zero-order chi connectivity index (χ0) is 79.0. The summed E-state index contributed by atoms with van der Waals surface area (Å²) in [6.45, 7) is 27.4. The summed E-state index contributed by atoms with van der Waals surface area (Å²) in [5.41, 5.74) is 43.6. The predicted molar refractivity (Wildman–Crippen MR) is 503 cm³/mol. The van der Waals surface area contributed by atoms with Crippen molar-refractivity contribution in [1.29, 1.82) is 0 Å². The minimum absolute atomic E-state index is 0.112. The minimum atomic E-state index is -0.380. The molecule has 117 heavy (non-hydrogen) atoms. The fourth-order valence-electron chi connectivity index (χ4n) is 21.0. The maximum atomic E-state index is 2.86. The van der Waals surface area contributed by atoms with Gasteiger partial charge in [-0.25, -0.2) is 0 Å². The van der Waals surface area contributed by atoms with E-state index in [1.165, 1.54) is 210 Å². The Kier molecular flexibility index (Phi) is 15.5. The Morgan fingerprint density at radius 3 is 0.855 bits per heavy atom. The van der Waals surface area contributed by atoms with Crippen LogP contribution in [0.4, 0.5) is 91.0 Å². The van der Waals surface area contributed by atoms with Crippen molar-refractivity contribution < 1.29 is 0 Å². The molecule has 0 N–H and O–H groups in total. The van der Waals surface area contributed by atoms with Crippen LogP contribution in [0.25, 0.3) is 44.5 Å². The quantitative estimate of drug-likeness (QED) is 0.138. The van der Waals surface area contributed by atoms with Gasteiger partial charge in [0.1, 0.15) is 0 Å². The second-order valence-electron chi connectivity index (χ2n) is 35.9. The first-order valence-corrected chi connectivity index (χ1v) is 43.5. The summed E-state index contributed by atoms with van der Waals surface area (Å²) in [6.07, 6.45) is 0. The maximum absolute atomic E-state index is 2.86. The lowest BCUT2D eigenvalue weighted by Gasteiger charge is -2.52. The van der Waals surface area contributed by atoms with Crippen molar-refractivity contribution in [2.75, 3.05) is 42.5 Å². The van der Waals surface area contributed by atoms with E-state index in [1.54, 1.807) is 0 Å². The Bertz CT molecular complexity index is 6230. The van der Waals surface area contributed by atoms with Crippen LogP contribution in [0.1, 0.15) is 92.9 Å². The number of fused-ring (bicyclic) bond motifs is 18. The number of nitrogens with zero attached hydrogens (tertiary/aromatic N) is 6. The lowest BCUT2D eigenvalue weighted by Crippen LogP contribution is -2.68. The zero-order valence-corrected chi connectivity index (χ0v) is 69.6. The Balaban J connectivity index is 0.965. The van der Waals surface area contributed by atoms with Crippen molar-refractivity contribution in [2.45, 2.75) is 112 Å². The van der Waals surface area contributed by atoms with Gasteiger partial charge in [-0.3, -0.25) is 0 Å². The summed E-state index contributed by atoms with van der Waals surface area (Å²) < 4.78 is 0. The van der Waals surface area contributed by atoms with Crippen molar-refractivity contribution >= 4 is 184 Å². The zero-order valence-electron chi connectivity index (χ0n) is 68.0. The molecule has 0 aromatic heterocycles. The average molecular weight is 1540 g/mol. The largest absolute Gasteiger partial charge is 0.338 e. The van der Waals surface area contributed by atoms with Gasteiger partial charge in [-0.15, -0.1) is 0 Å². The van der Waals surface area contributed by atoms with E-state index in [0.29, 0.717) is 0 Å². The molecule has 23 rings (SSSR count). The molecule has 0 spiro atoms. The first kappa shape index (κ1) is 70.4. The number of benzene rings is 15. The topological polar surface area (TPSA) is 19.4 Å². The van der Waals surface area contributed by atoms with Gasteiger partial charge in [0.05, 0.1) is 56.9 Å². The van der Waals surface area contributed by atoms with E-state index in [9.17, 15) is 0 Å². The molecule has 0 aliphatic carbocycles. The van der Waals surface area contributed by atoms with Crippen LogP contribution in [0.2, 0.25) is 0 Å². The highest BCUT2D eigenvalue weighted by Crippen LogP contribution is 2.62. The molecular formula is C106H87B3N6S2. The van der Waals surface area contributed by atoms with Crippen LogP contribution in [0.5, 0.6) is 0 Å². The molecule has 8 aliphatic rings. The van der Waals surface area contributed by atoms with Gasteiger partial charge < -0.3 is 29.4 Å². The van der Waals surface area contributed by atoms with Gasteiger partial charge in [-0.1, -0.05) is 303 Å². The summed E-state index contributed by atoms with van der Waals surface area (Å²) in [7, 11) is 0. The molecule has 0 radical (unpaired) electrons. The summed E-state index contributed by atoms with van der Waals surface area (Å²) in [5.74, 6) is 0. The molecular weight excluding hydrogens is 1450 g/mol. The highest BCUT2D eigenvalue weighted by atomic mass is 32.2. The number of rotatable bonds is 8. The number of hydrogen-bond acceptors (Lipinski definition) is 8. The molecule has 8 aliphatic heterocycles. The summed E-state index contributed by atoms with van der Waals surface area (Å²) in [6, 6.07) is 119. The van der Waals surface area contributed by atoms with Crippen LogP contribution in [0.3, 0.4) is 0 Å². The summed E-state index contributed by atoms with van der Waals surface area (Å²) >= 11 is 4.03. The van der Waals surface area contributed by atoms with E-state index in [2.05, 4.69) is 409 Å². The molecule has 6 nitrogen and oxygen atoms in total. The van der Waals surface area contributed by atoms with Crippen molar-refractivity contribution in [3.05, 3.63) is 320 Å². The third kappa shape index (κ3) is 10.2. The summed E-state index contributed by atoms with van der Waals surface area (Å²) in [5, 5.41) is 0. The van der Waals surface area contributed by atoms with Crippen molar-refractivity contribution in [1.82, 2.24) is 0 Å². The summed E-state index contributed by atoms with van der Waals surface area (Å²) in [4.78, 5) is 21.5. The van der Waals surface area contributed by atoms with Crippen LogP contribution in [-0.2, 0) is 16.2 Å². The molecule has 0 saturated heterocycles. The molecule has 0 amide bonds. The van der Waals surface area contributed by atoms with Gasteiger partial charge in [-0.05, 0) is 204 Å². The second-order valence-corrected chi connectivity index (χ2v) is 38.0. The molecule has 0 fully saturated rings. The van der Waals surface area contributed by atoms with Crippen LogP contribution in [-0.4, -0.2) is 33.2 Å². The fourth-order valence-corrected chi connectivity index (χ4v) is 23.7. The molecule has 11 heteroatoms. The third-order valence-electron chi connectivity index (χ3n) is 26.3. The van der Waals surface area contributed by atoms with E-state index in [-0.39, 0.29) is 36.4 Å². The van der Waals surface area contributed by atoms with Gasteiger partial charge in [-0.2, -0.15) is 0 Å². The number of anilines is 16. The second kappa shape index (κ2) is 25.7. The molecule has 0 unspecified atom stereocenters. The molecule has 15 aromatic rings. The van der Waals surface area contributed by atoms with Gasteiger partial charge in [0.25, 0.3) is 6.71 Å². The van der Waals surface area contributed by atoms with E-state index >= 15 is 0 Å². The van der Waals surface area contributed by atoms with E-state index in [4.69, 9.17) is 0 Å². The third-order valence-corrected chi connectivity index (χ3v) is 28.8. The van der Waals surface area contributed by atoms with Crippen molar-refractivity contribution in [3.8, 4) is 44.5 Å². The molecule has 15 aromatic carbocycles. The van der Waals surface area contributed by atoms with Gasteiger partial charge in [0, 0.05) is 89.0 Å². The fraction of sp³-hybridized carbons (Fsp3) is 0.151. The highest BCUT2D eigenvalue weighted by molar-refractivity contribution is 8.00. The highest BCUT2D eigenvalue weighted by Gasteiger charge is 2.56. The van der Waals surface area contributed by atoms with Gasteiger partial charge in [0.15, 0.2) is 0 Å². The lowest BCUT2D eigenvalue weighted by atomic mass is 9.29. The van der Waals surface area contributed by atoms with E-state index in [1.807, 2.05) is 23.5 Å². The van der Waals surface area contributed by atoms with Crippen molar-refractivity contribution in [2.24, 2.45) is 0 Å². The maximum Gasteiger partial charge on any atom is 0.255 e. The lowest BCUT2D eigenvalue weighted by molar-refractivity contribution is 0.590. The van der Waals surface area contributed by atoms with Crippen LogP contribution in [0.15, 0.2) is 323 Å². The Morgan fingerprint density at radius 1 is 0.239 bits per heavy atom. The van der Waals surface area contributed by atoms with E-state index < -0.39 is 0 Å². The predicted octanol–water partition coefficient (Wildman–Crippen LogP) is 22.8. The Hall–Kier alpha value is -12.0. The van der Waals surface area contributed by atoms with Crippen LogP contribution < -0.4 is 78.6 Å². The molecule has 0 atom stereocenters. The number of hydrogen-bond donors (Lipinski definition) is 0. The first-order valence-electron chi connectivity index (χ1n) is 41.8. The van der Waals surface area contributed by atoms with E-state index in [0.717, 1.165) is 24.5 Å². The Labute approximate surface area is 697 Å². The first-order chi connectivity index (χ1) is 56.9. The minimum Gasteiger partial charge on any atom is -0.338 e. The molecule has 0 bridgehead atoms. The molecule has 562 valence electrons. The normalized spacial score (nSPS) is 14.5. The van der Waals surface area contributed by atoms with Crippen molar-refractivity contribution in [3.63, 3.8) is 0 Å². The SMILES string of the molecule is CCN1c2ccccc2N2c3cc4c(c5c3B(c3ccccc3S5)c3cccc1c32)B1c2c(cc(C(C)(C)C)cc2N(c2c(-c3ccccc3)cc(C(C)(C)C)cc2-c2ccccc2)c2cc3c5c(c21)Sc1ccccc1B5c1cccc2c1N3c1ccccc1N2CC)N4c1c(-c2ccccc2)cc(C(C)(C)C)cc1-c1ccccc1. The van der Waals surface area contributed by atoms with Gasteiger partial charge >= 0.3 is 0 Å². The standard InChI is InChI=1S/C106H87B3N6S2/c1-12-110-79-48-28-30-50-81(79)112-87-62-89-96(102-94(87)107(75-44-26-32-54-91(75)116-102)77-46-34-52-83(110)100(77)112)109-93-85(114(89)98-71(64-36-18-14-19-37-64)56-68(104(3,4)5)57-72(98)65-38-20-15-21-39-65)60-70(106(9,10)11)61-86(93)115(99-73(66-40-22-16-23-41-66)58-69(105(6,7)8)59-74(99)67-42-24-17-25-43-67)90-63-88-95-103(97(90)109)117-92-55-33-27-45-76(92)108(95)78-47-35-53-84-101(78)113(88)82-51-31-29-49-80(82)111(84)13-2/h14-63H,12-13H2,1-11H3. The number of para-hydroxylation sites is 6.